The van der Waals surface area contributed by atoms with Crippen LogP contribution in [0.15, 0.2) is 41.5 Å². The second-order valence-corrected chi connectivity index (χ2v) is 4.79. The van der Waals surface area contributed by atoms with E-state index >= 15 is 0 Å². The molecule has 1 aromatic carbocycles. The summed E-state index contributed by atoms with van der Waals surface area (Å²) in [4.78, 5) is 4.19. The van der Waals surface area contributed by atoms with Crippen molar-refractivity contribution in [2.45, 2.75) is 13.1 Å². The number of aryl methyl sites for hydroxylation is 1. The summed E-state index contributed by atoms with van der Waals surface area (Å²) in [6, 6.07) is 9.71. The van der Waals surface area contributed by atoms with Gasteiger partial charge in [-0.1, -0.05) is 23.7 Å². The summed E-state index contributed by atoms with van der Waals surface area (Å²) in [6.07, 6.45) is 1.78. The highest BCUT2D eigenvalue weighted by molar-refractivity contribution is 6.30. The molecular formula is C14H18ClN5. The van der Waals surface area contributed by atoms with Gasteiger partial charge in [-0.2, -0.15) is 5.10 Å². The molecule has 0 saturated carbocycles. The van der Waals surface area contributed by atoms with Gasteiger partial charge in [0.15, 0.2) is 5.96 Å². The lowest BCUT2D eigenvalue weighted by atomic mass is 10.2. The Morgan fingerprint density at radius 1 is 1.20 bits per heavy atom. The van der Waals surface area contributed by atoms with E-state index in [0.29, 0.717) is 13.1 Å². The number of nitrogens with one attached hydrogen (secondary N) is 2. The number of benzene rings is 1. The zero-order valence-electron chi connectivity index (χ0n) is 11.6. The summed E-state index contributed by atoms with van der Waals surface area (Å²) in [6.45, 7) is 1.37. The van der Waals surface area contributed by atoms with Crippen molar-refractivity contribution in [3.8, 4) is 0 Å². The Kier molecular flexibility index (Phi) is 5.01. The third-order valence-electron chi connectivity index (χ3n) is 2.96. The minimum atomic E-state index is 0.677. The first-order valence-electron chi connectivity index (χ1n) is 6.35. The van der Waals surface area contributed by atoms with Gasteiger partial charge in [-0.05, 0) is 23.8 Å². The Morgan fingerprint density at radius 2 is 1.90 bits per heavy atom. The van der Waals surface area contributed by atoms with E-state index in [2.05, 4.69) is 20.7 Å². The first-order chi connectivity index (χ1) is 9.69. The Bertz CT molecular complexity index is 574. The molecule has 0 unspecified atom stereocenters. The van der Waals surface area contributed by atoms with Crippen molar-refractivity contribution in [1.82, 2.24) is 20.4 Å². The average Bonchev–Trinajstić information content (AvgIpc) is 2.86. The first-order valence-corrected chi connectivity index (χ1v) is 6.72. The maximum absolute atomic E-state index is 5.86. The van der Waals surface area contributed by atoms with Gasteiger partial charge in [-0.3, -0.25) is 9.67 Å². The topological polar surface area (TPSA) is 54.2 Å². The van der Waals surface area contributed by atoms with Gasteiger partial charge in [0.25, 0.3) is 0 Å². The van der Waals surface area contributed by atoms with Crippen molar-refractivity contribution in [2.24, 2.45) is 12.0 Å². The number of halogens is 1. The zero-order valence-corrected chi connectivity index (χ0v) is 12.4. The molecule has 0 aliphatic carbocycles. The van der Waals surface area contributed by atoms with Gasteiger partial charge in [-0.25, -0.2) is 0 Å². The van der Waals surface area contributed by atoms with Crippen LogP contribution in [0.1, 0.15) is 11.3 Å². The van der Waals surface area contributed by atoms with Crippen molar-refractivity contribution in [3.63, 3.8) is 0 Å². The lowest BCUT2D eigenvalue weighted by Gasteiger charge is -2.12. The third kappa shape index (κ3) is 3.99. The number of aromatic nitrogens is 2. The first kappa shape index (κ1) is 14.4. The highest BCUT2D eigenvalue weighted by Crippen LogP contribution is 2.09. The van der Waals surface area contributed by atoms with E-state index in [1.807, 2.05) is 42.1 Å². The van der Waals surface area contributed by atoms with Crippen LogP contribution in [0.25, 0.3) is 0 Å². The van der Waals surface area contributed by atoms with Crippen LogP contribution in [0.2, 0.25) is 5.02 Å². The minimum absolute atomic E-state index is 0.677. The number of nitrogens with zero attached hydrogens (tertiary/aromatic N) is 3. The number of hydrogen-bond acceptors (Lipinski definition) is 2. The van der Waals surface area contributed by atoms with Crippen LogP contribution in [0.5, 0.6) is 0 Å². The molecule has 0 amide bonds. The summed E-state index contributed by atoms with van der Waals surface area (Å²) in [5.41, 5.74) is 2.25. The number of hydrogen-bond donors (Lipinski definition) is 2. The van der Waals surface area contributed by atoms with E-state index in [-0.39, 0.29) is 0 Å². The van der Waals surface area contributed by atoms with Gasteiger partial charge < -0.3 is 10.6 Å². The fourth-order valence-corrected chi connectivity index (χ4v) is 1.88. The van der Waals surface area contributed by atoms with Gasteiger partial charge in [0.1, 0.15) is 0 Å². The summed E-state index contributed by atoms with van der Waals surface area (Å²) in [7, 11) is 3.67. The van der Waals surface area contributed by atoms with Crippen molar-refractivity contribution in [2.75, 3.05) is 7.05 Å². The molecule has 0 atom stereocenters. The van der Waals surface area contributed by atoms with Crippen LogP contribution in [0.4, 0.5) is 0 Å². The van der Waals surface area contributed by atoms with Crippen molar-refractivity contribution in [1.29, 1.82) is 0 Å². The summed E-state index contributed by atoms with van der Waals surface area (Å²) < 4.78 is 1.83. The molecule has 1 heterocycles. The summed E-state index contributed by atoms with van der Waals surface area (Å²) >= 11 is 5.86. The number of aliphatic imine (C=N–C) groups is 1. The molecule has 0 fully saturated rings. The highest BCUT2D eigenvalue weighted by Gasteiger charge is 2.01. The number of rotatable bonds is 4. The van der Waals surface area contributed by atoms with Gasteiger partial charge in [-0.15, -0.1) is 0 Å². The van der Waals surface area contributed by atoms with Crippen LogP contribution in [-0.2, 0) is 20.1 Å². The summed E-state index contributed by atoms with van der Waals surface area (Å²) in [5.74, 6) is 0.751. The number of guanidine groups is 1. The Labute approximate surface area is 123 Å². The fraction of sp³-hybridized carbons (Fsp3) is 0.286. The summed E-state index contributed by atoms with van der Waals surface area (Å²) in [5, 5.41) is 11.4. The van der Waals surface area contributed by atoms with Crippen LogP contribution >= 0.6 is 11.6 Å². The fourth-order valence-electron chi connectivity index (χ4n) is 1.76. The molecule has 0 radical (unpaired) electrons. The van der Waals surface area contributed by atoms with Crippen molar-refractivity contribution < 1.29 is 0 Å². The largest absolute Gasteiger partial charge is 0.352 e. The molecular weight excluding hydrogens is 274 g/mol. The zero-order chi connectivity index (χ0) is 14.4. The van der Waals surface area contributed by atoms with Gasteiger partial charge >= 0.3 is 0 Å². The van der Waals surface area contributed by atoms with Crippen LogP contribution in [0, 0.1) is 0 Å². The lowest BCUT2D eigenvalue weighted by Crippen LogP contribution is -2.36. The Balaban J connectivity index is 1.84. The van der Waals surface area contributed by atoms with Crippen LogP contribution in [0.3, 0.4) is 0 Å². The van der Waals surface area contributed by atoms with Crippen LogP contribution in [-0.4, -0.2) is 22.8 Å². The van der Waals surface area contributed by atoms with Crippen LogP contribution < -0.4 is 10.6 Å². The van der Waals surface area contributed by atoms with E-state index in [1.165, 1.54) is 0 Å². The second kappa shape index (κ2) is 6.96. The molecule has 0 bridgehead atoms. The van der Waals surface area contributed by atoms with Gasteiger partial charge in [0.2, 0.25) is 0 Å². The molecule has 6 heteroatoms. The lowest BCUT2D eigenvalue weighted by molar-refractivity contribution is 0.684. The minimum Gasteiger partial charge on any atom is -0.352 e. The molecule has 1 aromatic heterocycles. The quantitative estimate of drug-likeness (QED) is 0.669. The van der Waals surface area contributed by atoms with Crippen molar-refractivity contribution >= 4 is 17.6 Å². The smallest absolute Gasteiger partial charge is 0.191 e. The molecule has 0 saturated heterocycles. The maximum Gasteiger partial charge on any atom is 0.191 e. The Hall–Kier alpha value is -2.01. The highest BCUT2D eigenvalue weighted by atomic mass is 35.5. The molecule has 0 aliphatic rings. The average molecular weight is 292 g/mol. The third-order valence-corrected chi connectivity index (χ3v) is 3.21. The molecule has 0 spiro atoms. The molecule has 5 nitrogen and oxygen atoms in total. The SMILES string of the molecule is CN=C(NCc1ccc(Cl)cc1)NCc1ccnn1C. The van der Waals surface area contributed by atoms with E-state index in [9.17, 15) is 0 Å². The maximum atomic E-state index is 5.86. The molecule has 0 aliphatic heterocycles. The van der Waals surface area contributed by atoms with E-state index in [1.54, 1.807) is 13.2 Å². The van der Waals surface area contributed by atoms with E-state index < -0.39 is 0 Å². The molecule has 2 aromatic rings. The Morgan fingerprint density at radius 3 is 2.50 bits per heavy atom. The predicted octanol–water partition coefficient (Wildman–Crippen LogP) is 1.94. The monoisotopic (exact) mass is 291 g/mol. The molecule has 2 N–H and O–H groups in total. The van der Waals surface area contributed by atoms with E-state index in [4.69, 9.17) is 11.6 Å². The predicted molar refractivity (Wildman–Crippen MR) is 81.7 cm³/mol. The van der Waals surface area contributed by atoms with E-state index in [0.717, 1.165) is 22.2 Å². The molecule has 20 heavy (non-hydrogen) atoms. The molecule has 2 rings (SSSR count). The second-order valence-electron chi connectivity index (χ2n) is 4.35. The molecule has 106 valence electrons. The van der Waals surface area contributed by atoms with Gasteiger partial charge in [0, 0.05) is 31.9 Å². The van der Waals surface area contributed by atoms with Crippen molar-refractivity contribution in [3.05, 3.63) is 52.8 Å². The normalized spacial score (nSPS) is 11.4. The standard InChI is InChI=1S/C14H18ClN5/c1-16-14(18-10-13-7-8-19-20(13)2)17-9-11-3-5-12(15)6-4-11/h3-8H,9-10H2,1-2H3,(H2,16,17,18). The van der Waals surface area contributed by atoms with Gasteiger partial charge in [0.05, 0.1) is 12.2 Å².